The van der Waals surface area contributed by atoms with Gasteiger partial charge in [0.1, 0.15) is 13.2 Å². The molecule has 0 aliphatic carbocycles. The van der Waals surface area contributed by atoms with E-state index in [1.807, 2.05) is 0 Å². The lowest BCUT2D eigenvalue weighted by Crippen LogP contribution is -2.17. The summed E-state index contributed by atoms with van der Waals surface area (Å²) in [6.07, 6.45) is -4.41. The van der Waals surface area contributed by atoms with Crippen LogP contribution < -0.4 is 20.1 Å². The van der Waals surface area contributed by atoms with Gasteiger partial charge in [0.05, 0.1) is 17.9 Å². The molecule has 33 heavy (non-hydrogen) atoms. The Hall–Kier alpha value is -3.41. The summed E-state index contributed by atoms with van der Waals surface area (Å²) in [6.45, 7) is 1.12. The summed E-state index contributed by atoms with van der Waals surface area (Å²) in [5, 5.41) is 14.3. The lowest BCUT2D eigenvalue weighted by molar-refractivity contribution is -0.137. The van der Waals surface area contributed by atoms with E-state index >= 15 is 0 Å². The minimum Gasteiger partial charge on any atom is -0.486 e. The van der Waals surface area contributed by atoms with Crippen LogP contribution in [0.25, 0.3) is 0 Å². The van der Waals surface area contributed by atoms with Gasteiger partial charge in [-0.05, 0) is 30.3 Å². The van der Waals surface area contributed by atoms with Crippen molar-refractivity contribution >= 4 is 29.0 Å². The van der Waals surface area contributed by atoms with E-state index in [1.54, 1.807) is 35.9 Å². The van der Waals surface area contributed by atoms with E-state index in [0.717, 1.165) is 12.1 Å². The van der Waals surface area contributed by atoms with E-state index in [1.165, 1.54) is 17.8 Å². The standard InChI is InChI=1S/C21H20F3N5O3S/c1-29-18(11-25-14-4-2-3-13(9-14)21(22,23)24)27-28-20(29)33-12-19(30)26-15-5-6-16-17(10-15)32-8-7-31-16/h2-6,9-10,25H,7-8,11-12H2,1H3,(H,26,30). The molecule has 0 unspecified atom stereocenters. The van der Waals surface area contributed by atoms with E-state index in [-0.39, 0.29) is 18.2 Å². The maximum Gasteiger partial charge on any atom is 0.416 e. The molecule has 1 aliphatic rings. The van der Waals surface area contributed by atoms with Crippen LogP contribution in [0.15, 0.2) is 47.6 Å². The van der Waals surface area contributed by atoms with Gasteiger partial charge in [-0.2, -0.15) is 13.2 Å². The molecule has 2 N–H and O–H groups in total. The molecule has 12 heteroatoms. The number of ether oxygens (including phenoxy) is 2. The predicted molar refractivity (Wildman–Crippen MR) is 117 cm³/mol. The number of rotatable bonds is 7. The summed E-state index contributed by atoms with van der Waals surface area (Å²) >= 11 is 1.20. The van der Waals surface area contributed by atoms with Crippen LogP contribution in [0.2, 0.25) is 0 Å². The third-order valence-corrected chi connectivity index (χ3v) is 5.74. The Kier molecular flexibility index (Phi) is 6.63. The van der Waals surface area contributed by atoms with Crippen LogP contribution in [0, 0.1) is 0 Å². The number of carbonyl (C=O) groups excluding carboxylic acids is 1. The zero-order valence-corrected chi connectivity index (χ0v) is 18.3. The van der Waals surface area contributed by atoms with Crippen LogP contribution in [0.5, 0.6) is 11.5 Å². The van der Waals surface area contributed by atoms with E-state index in [4.69, 9.17) is 9.47 Å². The van der Waals surface area contributed by atoms with Crippen molar-refractivity contribution in [1.29, 1.82) is 0 Å². The Morgan fingerprint density at radius 2 is 1.88 bits per heavy atom. The molecule has 0 saturated heterocycles. The summed E-state index contributed by atoms with van der Waals surface area (Å²) < 4.78 is 51.2. The van der Waals surface area contributed by atoms with Crippen molar-refractivity contribution in [3.05, 3.63) is 53.9 Å². The van der Waals surface area contributed by atoms with Crippen LogP contribution in [-0.2, 0) is 24.6 Å². The second-order valence-electron chi connectivity index (χ2n) is 7.09. The Balaban J connectivity index is 1.30. The molecule has 1 amide bonds. The number of halogens is 3. The molecule has 0 bridgehead atoms. The van der Waals surface area contributed by atoms with Crippen molar-refractivity contribution in [2.24, 2.45) is 7.05 Å². The van der Waals surface area contributed by atoms with Gasteiger partial charge in [0.25, 0.3) is 0 Å². The number of hydrogen-bond donors (Lipinski definition) is 2. The fourth-order valence-electron chi connectivity index (χ4n) is 3.06. The number of alkyl halides is 3. The van der Waals surface area contributed by atoms with E-state index in [0.29, 0.717) is 47.1 Å². The molecule has 1 aliphatic heterocycles. The molecule has 3 aromatic rings. The summed E-state index contributed by atoms with van der Waals surface area (Å²) in [7, 11) is 1.73. The SMILES string of the molecule is Cn1c(CNc2cccc(C(F)(F)F)c2)nnc1SCC(=O)Nc1ccc2c(c1)OCCO2. The zero-order valence-electron chi connectivity index (χ0n) is 17.5. The number of fused-ring (bicyclic) bond motifs is 1. The molecule has 0 spiro atoms. The molecule has 0 radical (unpaired) electrons. The number of aromatic nitrogens is 3. The van der Waals surface area contributed by atoms with Crippen molar-refractivity contribution < 1.29 is 27.4 Å². The highest BCUT2D eigenvalue weighted by atomic mass is 32.2. The van der Waals surface area contributed by atoms with E-state index in [2.05, 4.69) is 20.8 Å². The molecule has 8 nitrogen and oxygen atoms in total. The molecule has 1 aromatic heterocycles. The number of amides is 1. The Labute approximate surface area is 191 Å². The first kappa shape index (κ1) is 22.8. The summed E-state index contributed by atoms with van der Waals surface area (Å²) in [4.78, 5) is 12.3. The number of benzene rings is 2. The van der Waals surface area contributed by atoms with Crippen LogP contribution in [-0.4, -0.2) is 39.6 Å². The molecular weight excluding hydrogens is 459 g/mol. The summed E-state index contributed by atoms with van der Waals surface area (Å²) in [5.41, 5.74) is 0.181. The average Bonchev–Trinajstić information content (AvgIpc) is 3.15. The van der Waals surface area contributed by atoms with Crippen LogP contribution in [0.4, 0.5) is 24.5 Å². The smallest absolute Gasteiger partial charge is 0.416 e. The highest BCUT2D eigenvalue weighted by Crippen LogP contribution is 2.33. The minimum absolute atomic E-state index is 0.0987. The Bertz CT molecular complexity index is 1150. The summed E-state index contributed by atoms with van der Waals surface area (Å²) in [6, 6.07) is 10.1. The van der Waals surface area contributed by atoms with Gasteiger partial charge in [0.2, 0.25) is 5.91 Å². The fraction of sp³-hybridized carbons (Fsp3) is 0.286. The monoisotopic (exact) mass is 479 g/mol. The number of anilines is 2. The topological polar surface area (TPSA) is 90.3 Å². The van der Waals surface area contributed by atoms with E-state index in [9.17, 15) is 18.0 Å². The summed E-state index contributed by atoms with van der Waals surface area (Å²) in [5.74, 6) is 1.60. The number of hydrogen-bond acceptors (Lipinski definition) is 7. The fourth-order valence-corrected chi connectivity index (χ4v) is 3.79. The first-order valence-electron chi connectivity index (χ1n) is 9.91. The molecule has 2 aromatic carbocycles. The number of thioether (sulfide) groups is 1. The Morgan fingerprint density at radius 3 is 2.67 bits per heavy atom. The van der Waals surface area contributed by atoms with Crippen LogP contribution in [0.3, 0.4) is 0 Å². The zero-order chi connectivity index (χ0) is 23.4. The lowest BCUT2D eigenvalue weighted by atomic mass is 10.2. The van der Waals surface area contributed by atoms with Crippen LogP contribution in [0.1, 0.15) is 11.4 Å². The van der Waals surface area contributed by atoms with Crippen molar-refractivity contribution in [1.82, 2.24) is 14.8 Å². The predicted octanol–water partition coefficient (Wildman–Crippen LogP) is 3.95. The average molecular weight is 479 g/mol. The maximum atomic E-state index is 12.9. The van der Waals surface area contributed by atoms with Gasteiger partial charge in [-0.15, -0.1) is 10.2 Å². The van der Waals surface area contributed by atoms with Crippen molar-refractivity contribution in [2.45, 2.75) is 17.9 Å². The van der Waals surface area contributed by atoms with Gasteiger partial charge in [0, 0.05) is 24.5 Å². The second kappa shape index (κ2) is 9.61. The van der Waals surface area contributed by atoms with Gasteiger partial charge < -0.3 is 24.7 Å². The number of nitrogens with zero attached hydrogens (tertiary/aromatic N) is 3. The largest absolute Gasteiger partial charge is 0.486 e. The highest BCUT2D eigenvalue weighted by molar-refractivity contribution is 7.99. The van der Waals surface area contributed by atoms with Crippen molar-refractivity contribution in [3.63, 3.8) is 0 Å². The lowest BCUT2D eigenvalue weighted by Gasteiger charge is -2.18. The third kappa shape index (κ3) is 5.69. The van der Waals surface area contributed by atoms with Gasteiger partial charge in [-0.25, -0.2) is 0 Å². The molecular formula is C21H20F3N5O3S. The third-order valence-electron chi connectivity index (χ3n) is 4.72. The van der Waals surface area contributed by atoms with Gasteiger partial charge >= 0.3 is 6.18 Å². The van der Waals surface area contributed by atoms with Crippen LogP contribution >= 0.6 is 11.8 Å². The Morgan fingerprint density at radius 1 is 1.09 bits per heavy atom. The minimum atomic E-state index is -4.41. The number of carbonyl (C=O) groups is 1. The van der Waals surface area contributed by atoms with Crippen molar-refractivity contribution in [3.8, 4) is 11.5 Å². The van der Waals surface area contributed by atoms with Crippen molar-refractivity contribution in [2.75, 3.05) is 29.6 Å². The highest BCUT2D eigenvalue weighted by Gasteiger charge is 2.30. The quantitative estimate of drug-likeness (QED) is 0.496. The normalized spacial score (nSPS) is 13.0. The maximum absolute atomic E-state index is 12.9. The molecule has 0 atom stereocenters. The molecule has 4 rings (SSSR count). The first-order chi connectivity index (χ1) is 15.8. The van der Waals surface area contributed by atoms with Gasteiger partial charge in [-0.3, -0.25) is 4.79 Å². The molecule has 174 valence electrons. The van der Waals surface area contributed by atoms with Gasteiger partial charge in [0.15, 0.2) is 22.5 Å². The number of nitrogens with one attached hydrogen (secondary N) is 2. The van der Waals surface area contributed by atoms with E-state index < -0.39 is 11.7 Å². The van der Waals surface area contributed by atoms with Gasteiger partial charge in [-0.1, -0.05) is 17.8 Å². The molecule has 0 fully saturated rings. The first-order valence-corrected chi connectivity index (χ1v) is 10.9. The second-order valence-corrected chi connectivity index (χ2v) is 8.03. The molecule has 2 heterocycles. The molecule has 0 saturated carbocycles.